The van der Waals surface area contributed by atoms with Gasteiger partial charge in [-0.2, -0.15) is 5.43 Å². The lowest BCUT2D eigenvalue weighted by Crippen LogP contribution is -2.67. The second-order valence-electron chi connectivity index (χ2n) is 19.3. The molecule has 3 aliphatic heterocycles. The number of nitrogens with one attached hydrogen (secondary N) is 2. The molecule has 2 fully saturated rings. The summed E-state index contributed by atoms with van der Waals surface area (Å²) in [6.45, 7) is 13.6. The van der Waals surface area contributed by atoms with Gasteiger partial charge in [0.05, 0.1) is 48.0 Å². The monoisotopic (exact) mass is 948 g/mol. The number of urea groups is 1. The number of hydrazine groups is 1. The maximum atomic E-state index is 14.7. The van der Waals surface area contributed by atoms with Crippen LogP contribution in [0, 0.1) is 11.3 Å². The van der Waals surface area contributed by atoms with Crippen molar-refractivity contribution in [2.24, 2.45) is 11.3 Å². The number of hydrogen-bond donors (Lipinski definition) is 3. The highest BCUT2D eigenvalue weighted by atomic mass is 32.1. The topological polar surface area (TPSA) is 181 Å². The molecule has 2 saturated heterocycles. The molecule has 3 N–H and O–H groups in total. The molecule has 16 nitrogen and oxygen atoms in total. The summed E-state index contributed by atoms with van der Waals surface area (Å²) in [5.74, 6) is -2.35. The van der Waals surface area contributed by atoms with Crippen molar-refractivity contribution >= 4 is 46.1 Å². The first-order chi connectivity index (χ1) is 32.5. The Kier molecular flexibility index (Phi) is 14.4. The zero-order valence-corrected chi connectivity index (χ0v) is 41.1. The second kappa shape index (κ2) is 20.1. The molecule has 0 unspecified atom stereocenters. The van der Waals surface area contributed by atoms with Crippen LogP contribution >= 0.6 is 11.3 Å². The lowest BCUT2D eigenvalue weighted by Gasteiger charge is -2.41. The number of rotatable bonds is 9. The Morgan fingerprint density at radius 3 is 2.60 bits per heavy atom. The van der Waals surface area contributed by atoms with Crippen LogP contribution in [-0.4, -0.2) is 123 Å². The fraction of sp³-hybridized carbons (Fsp3) is 0.490. The van der Waals surface area contributed by atoms with Crippen LogP contribution in [0.1, 0.15) is 88.4 Å². The average Bonchev–Trinajstić information content (AvgIpc) is 3.93. The van der Waals surface area contributed by atoms with Crippen LogP contribution < -0.4 is 10.7 Å². The smallest absolute Gasteiger partial charge is 0.355 e. The van der Waals surface area contributed by atoms with Crippen molar-refractivity contribution in [1.29, 1.82) is 0 Å². The summed E-state index contributed by atoms with van der Waals surface area (Å²) in [6, 6.07) is 17.5. The standard InChI is InChI=1S/C51H64N8O8S/c1-9-58-40-19-18-34-25-36(40)37(45(58)35-17-13-21-52-43(35)32(4)65-8)27-50(5,6)30-67-48(62)51(64)20-14-22-59(55-51)47(61)38(26-42-53-39(34)29-68-42)54-46(60)44(31(2)3)56(7)49(63)57-23-24-66-41(28-57)33-15-11-10-12-16-33/h10-13,15-19,21,25,29,31-32,38,41,44,55,64H,9,14,20,22-24,26-28,30H2,1-8H3,(H,54,60)/t32-,38-,41+,44-,51-/m0/s1. The van der Waals surface area contributed by atoms with Crippen molar-refractivity contribution < 1.29 is 38.5 Å². The summed E-state index contributed by atoms with van der Waals surface area (Å²) < 4.78 is 20.1. The van der Waals surface area contributed by atoms with Gasteiger partial charge in [0.15, 0.2) is 0 Å². The number of carbonyl (C=O) groups is 4. The number of morpholine rings is 1. The molecule has 3 aromatic heterocycles. The minimum absolute atomic E-state index is 0.000498. The van der Waals surface area contributed by atoms with E-state index in [4.69, 9.17) is 24.2 Å². The molecule has 6 heterocycles. The number of nitrogens with zero attached hydrogens (tertiary/aromatic N) is 6. The Morgan fingerprint density at radius 2 is 1.87 bits per heavy atom. The number of methoxy groups -OCH3 is 1. The van der Waals surface area contributed by atoms with Gasteiger partial charge in [0.1, 0.15) is 18.2 Å². The van der Waals surface area contributed by atoms with Gasteiger partial charge >= 0.3 is 12.0 Å². The predicted molar refractivity (Wildman–Crippen MR) is 259 cm³/mol. The van der Waals surface area contributed by atoms with E-state index in [-0.39, 0.29) is 56.6 Å². The third kappa shape index (κ3) is 9.90. The Hall–Kier alpha value is -5.72. The highest BCUT2D eigenvalue weighted by Crippen LogP contribution is 2.42. The number of carbonyl (C=O) groups excluding carboxylic acids is 4. The number of hydrogen-bond acceptors (Lipinski definition) is 12. The molecule has 0 aliphatic carbocycles. The summed E-state index contributed by atoms with van der Waals surface area (Å²) in [6.07, 6.45) is 1.94. The molecule has 3 aliphatic rings. The number of cyclic esters (lactones) is 1. The number of likely N-dealkylation sites (N-methyl/N-ethyl adjacent to an activating group) is 1. The summed E-state index contributed by atoms with van der Waals surface area (Å²) in [5, 5.41) is 19.6. The van der Waals surface area contributed by atoms with E-state index >= 15 is 0 Å². The van der Waals surface area contributed by atoms with Crippen molar-refractivity contribution in [3.05, 3.63) is 94.1 Å². The molecule has 4 amide bonds. The van der Waals surface area contributed by atoms with Crippen molar-refractivity contribution in [2.45, 2.75) is 104 Å². The van der Waals surface area contributed by atoms with Gasteiger partial charge in [0.2, 0.25) is 11.6 Å². The maximum absolute atomic E-state index is 14.7. The summed E-state index contributed by atoms with van der Waals surface area (Å²) in [4.78, 5) is 70.5. The Balaban J connectivity index is 1.16. The van der Waals surface area contributed by atoms with Crippen molar-refractivity contribution in [2.75, 3.05) is 47.0 Å². The summed E-state index contributed by atoms with van der Waals surface area (Å²) in [5.41, 5.74) is 7.27. The Morgan fingerprint density at radius 1 is 1.09 bits per heavy atom. The van der Waals surface area contributed by atoms with E-state index in [9.17, 15) is 24.3 Å². The third-order valence-electron chi connectivity index (χ3n) is 13.4. The van der Waals surface area contributed by atoms with E-state index in [0.717, 1.165) is 44.5 Å². The molecule has 362 valence electrons. The largest absolute Gasteiger partial charge is 0.462 e. The van der Waals surface area contributed by atoms with E-state index in [1.54, 1.807) is 25.3 Å². The number of aryl methyl sites for hydroxylation is 1. The number of pyridine rings is 1. The van der Waals surface area contributed by atoms with Crippen LogP contribution in [0.25, 0.3) is 33.4 Å². The van der Waals surface area contributed by atoms with E-state index in [1.807, 2.05) is 82.5 Å². The van der Waals surface area contributed by atoms with Crippen LogP contribution in [-0.2, 0) is 48.0 Å². The van der Waals surface area contributed by atoms with Crippen LogP contribution in [0.4, 0.5) is 4.79 Å². The van der Waals surface area contributed by atoms with Gasteiger partial charge in [-0.05, 0) is 68.0 Å². The van der Waals surface area contributed by atoms with Gasteiger partial charge in [-0.3, -0.25) is 19.6 Å². The van der Waals surface area contributed by atoms with E-state index in [1.165, 1.54) is 21.2 Å². The molecule has 17 heteroatoms. The molecule has 8 rings (SSSR count). The van der Waals surface area contributed by atoms with Gasteiger partial charge in [-0.1, -0.05) is 64.1 Å². The highest BCUT2D eigenvalue weighted by molar-refractivity contribution is 7.10. The second-order valence-corrected chi connectivity index (χ2v) is 20.2. The Bertz CT molecular complexity index is 2650. The van der Waals surface area contributed by atoms with E-state index < -0.39 is 41.0 Å². The van der Waals surface area contributed by atoms with Gasteiger partial charge in [0, 0.05) is 85.7 Å². The van der Waals surface area contributed by atoms with Gasteiger partial charge in [-0.25, -0.2) is 14.6 Å². The SMILES string of the molecule is CCn1c(-c2cccnc2[C@H](C)OC)c2c3cc(ccc31)-c1csc(n1)C[C@H](NC(=O)[C@H](C(C)C)N(C)C(=O)N1CCO[C@@H](c3ccccc3)C1)C(=O)N1CCC[C@@](O)(N1)C(=O)OCC(C)(C)C2. The van der Waals surface area contributed by atoms with Crippen LogP contribution in [0.15, 0.2) is 72.2 Å². The molecule has 5 atom stereocenters. The highest BCUT2D eigenvalue weighted by Gasteiger charge is 2.46. The molecule has 0 saturated carbocycles. The molecule has 0 radical (unpaired) electrons. The van der Waals surface area contributed by atoms with E-state index in [0.29, 0.717) is 43.4 Å². The number of aromatic nitrogens is 3. The lowest BCUT2D eigenvalue weighted by atomic mass is 9.84. The zero-order valence-electron chi connectivity index (χ0n) is 40.3. The minimum atomic E-state index is -2.22. The van der Waals surface area contributed by atoms with Gasteiger partial charge in [-0.15, -0.1) is 11.3 Å². The first-order valence-corrected chi connectivity index (χ1v) is 24.5. The molecule has 2 aromatic carbocycles. The number of benzene rings is 2. The van der Waals surface area contributed by atoms with Crippen LogP contribution in [0.2, 0.25) is 0 Å². The first-order valence-electron chi connectivity index (χ1n) is 23.6. The van der Waals surface area contributed by atoms with Gasteiger partial charge in [0.25, 0.3) is 5.91 Å². The third-order valence-corrected chi connectivity index (χ3v) is 14.2. The summed E-state index contributed by atoms with van der Waals surface area (Å²) in [7, 11) is 3.27. The van der Waals surface area contributed by atoms with Crippen molar-refractivity contribution in [1.82, 2.24) is 40.1 Å². The van der Waals surface area contributed by atoms with Crippen molar-refractivity contribution in [3.8, 4) is 22.5 Å². The number of thiazole rings is 1. The quantitative estimate of drug-likeness (QED) is 0.134. The number of amides is 4. The lowest BCUT2D eigenvalue weighted by molar-refractivity contribution is -0.189. The number of esters is 1. The van der Waals surface area contributed by atoms with Crippen LogP contribution in [0.5, 0.6) is 0 Å². The molecule has 5 aromatic rings. The fourth-order valence-corrected chi connectivity index (χ4v) is 10.7. The average molecular weight is 949 g/mol. The molecule has 0 spiro atoms. The van der Waals surface area contributed by atoms with Crippen molar-refractivity contribution in [3.63, 3.8) is 0 Å². The van der Waals surface area contributed by atoms with E-state index in [2.05, 4.69) is 40.4 Å². The predicted octanol–water partition coefficient (Wildman–Crippen LogP) is 6.67. The minimum Gasteiger partial charge on any atom is -0.462 e. The zero-order chi connectivity index (χ0) is 48.5. The number of ether oxygens (including phenoxy) is 3. The molecule has 6 bridgehead atoms. The fourth-order valence-electron chi connectivity index (χ4n) is 9.82. The molecular formula is C51H64N8O8S. The maximum Gasteiger partial charge on any atom is 0.355 e. The number of fused-ring (bicyclic) bond motifs is 6. The summed E-state index contributed by atoms with van der Waals surface area (Å²) >= 11 is 1.37. The first kappa shape index (κ1) is 48.7. The Labute approximate surface area is 401 Å². The molecule has 68 heavy (non-hydrogen) atoms. The normalized spacial score (nSPS) is 22.1. The van der Waals surface area contributed by atoms with Crippen LogP contribution in [0.3, 0.4) is 0 Å². The van der Waals surface area contributed by atoms with Gasteiger partial charge < -0.3 is 39.0 Å². The number of aliphatic hydroxyl groups is 1. The molecular weight excluding hydrogens is 885 g/mol.